The van der Waals surface area contributed by atoms with Crippen LogP contribution < -0.4 is 5.32 Å². The number of allylic oxidation sites excluding steroid dienone is 1. The van der Waals surface area contributed by atoms with Crippen LogP contribution in [0.25, 0.3) is 22.6 Å². The maximum absolute atomic E-state index is 12.5. The standard InChI is InChI=1S/C23H23N5O2S2/c1-4-11-28-21(18-10-12-30-15(18)3)26-27-23(28)32-14-20(29)25-22-24-19(13-31-22)17-8-6-16(5-2)7-9-17/h4,6-10,12-13H,1,5,11,14H2,2-3H3,(H,24,25,29). The third kappa shape index (κ3) is 4.84. The van der Waals surface area contributed by atoms with Crippen molar-refractivity contribution in [2.24, 2.45) is 0 Å². The van der Waals surface area contributed by atoms with Crippen molar-refractivity contribution in [2.75, 3.05) is 11.1 Å². The number of amides is 1. The van der Waals surface area contributed by atoms with Crippen LogP contribution in [0.15, 0.2) is 64.2 Å². The number of nitrogens with zero attached hydrogens (tertiary/aromatic N) is 4. The van der Waals surface area contributed by atoms with Crippen LogP contribution in [0.3, 0.4) is 0 Å². The van der Waals surface area contributed by atoms with E-state index >= 15 is 0 Å². The van der Waals surface area contributed by atoms with E-state index in [1.165, 1.54) is 28.7 Å². The maximum Gasteiger partial charge on any atom is 0.236 e. The Morgan fingerprint density at radius 3 is 2.78 bits per heavy atom. The second-order valence-corrected chi connectivity index (χ2v) is 8.82. The third-order valence-electron chi connectivity index (χ3n) is 4.87. The molecule has 164 valence electrons. The number of furan rings is 1. The highest BCUT2D eigenvalue weighted by Gasteiger charge is 2.18. The number of carbonyl (C=O) groups excluding carboxylic acids is 1. The molecule has 0 spiro atoms. The van der Waals surface area contributed by atoms with E-state index in [1.54, 1.807) is 12.3 Å². The van der Waals surface area contributed by atoms with Gasteiger partial charge in [0.1, 0.15) is 5.76 Å². The largest absolute Gasteiger partial charge is 0.469 e. The number of thioether (sulfide) groups is 1. The minimum atomic E-state index is -0.147. The summed E-state index contributed by atoms with van der Waals surface area (Å²) in [4.78, 5) is 17.1. The molecule has 0 saturated carbocycles. The fraction of sp³-hybridized carbons (Fsp3) is 0.217. The van der Waals surface area contributed by atoms with Gasteiger partial charge in [0.2, 0.25) is 5.91 Å². The fourth-order valence-corrected chi connectivity index (χ4v) is 4.65. The smallest absolute Gasteiger partial charge is 0.236 e. The van der Waals surface area contributed by atoms with Crippen molar-refractivity contribution in [1.82, 2.24) is 19.7 Å². The molecule has 1 N–H and O–H groups in total. The molecular formula is C23H23N5O2S2. The van der Waals surface area contributed by atoms with E-state index in [2.05, 4.69) is 58.3 Å². The molecule has 0 saturated heterocycles. The quantitative estimate of drug-likeness (QED) is 0.261. The van der Waals surface area contributed by atoms with Gasteiger partial charge in [-0.15, -0.1) is 28.1 Å². The van der Waals surface area contributed by atoms with Crippen molar-refractivity contribution in [2.45, 2.75) is 32.0 Å². The predicted molar refractivity (Wildman–Crippen MR) is 129 cm³/mol. The van der Waals surface area contributed by atoms with E-state index in [4.69, 9.17) is 4.42 Å². The van der Waals surface area contributed by atoms with Gasteiger partial charge in [0.25, 0.3) is 0 Å². The molecule has 0 radical (unpaired) electrons. The molecular weight excluding hydrogens is 442 g/mol. The Labute approximate surface area is 194 Å². The minimum Gasteiger partial charge on any atom is -0.469 e. The van der Waals surface area contributed by atoms with E-state index in [0.717, 1.165) is 29.0 Å². The third-order valence-corrected chi connectivity index (χ3v) is 6.59. The number of hydrogen-bond donors (Lipinski definition) is 1. The Bertz CT molecular complexity index is 1220. The summed E-state index contributed by atoms with van der Waals surface area (Å²) < 4.78 is 7.31. The molecule has 3 heterocycles. The van der Waals surface area contributed by atoms with E-state index in [1.807, 2.05) is 22.9 Å². The molecule has 4 rings (SSSR count). The lowest BCUT2D eigenvalue weighted by Crippen LogP contribution is -2.14. The van der Waals surface area contributed by atoms with Crippen LogP contribution in [-0.2, 0) is 17.8 Å². The lowest BCUT2D eigenvalue weighted by Gasteiger charge is -2.07. The molecule has 0 atom stereocenters. The molecule has 0 unspecified atom stereocenters. The van der Waals surface area contributed by atoms with Gasteiger partial charge in [-0.25, -0.2) is 4.98 Å². The van der Waals surface area contributed by atoms with Gasteiger partial charge in [-0.05, 0) is 25.0 Å². The van der Waals surface area contributed by atoms with Gasteiger partial charge < -0.3 is 9.73 Å². The van der Waals surface area contributed by atoms with Crippen LogP contribution in [0.5, 0.6) is 0 Å². The summed E-state index contributed by atoms with van der Waals surface area (Å²) in [5.74, 6) is 1.50. The average molecular weight is 466 g/mol. The predicted octanol–water partition coefficient (Wildman–Crippen LogP) is 5.45. The topological polar surface area (TPSA) is 85.8 Å². The zero-order valence-electron chi connectivity index (χ0n) is 17.9. The molecule has 0 aliphatic rings. The van der Waals surface area contributed by atoms with Crippen molar-refractivity contribution >= 4 is 34.1 Å². The molecule has 3 aromatic heterocycles. The molecule has 32 heavy (non-hydrogen) atoms. The van der Waals surface area contributed by atoms with Crippen molar-refractivity contribution in [3.05, 3.63) is 66.0 Å². The zero-order valence-corrected chi connectivity index (χ0v) is 19.5. The second-order valence-electron chi connectivity index (χ2n) is 7.02. The molecule has 4 aromatic rings. The summed E-state index contributed by atoms with van der Waals surface area (Å²) in [6, 6.07) is 10.2. The van der Waals surface area contributed by atoms with Crippen LogP contribution in [0.4, 0.5) is 5.13 Å². The maximum atomic E-state index is 12.5. The molecule has 0 aliphatic carbocycles. The number of rotatable bonds is 9. The Morgan fingerprint density at radius 1 is 1.28 bits per heavy atom. The number of thiazole rings is 1. The number of nitrogens with one attached hydrogen (secondary N) is 1. The number of carbonyl (C=O) groups is 1. The highest BCUT2D eigenvalue weighted by Crippen LogP contribution is 2.28. The van der Waals surface area contributed by atoms with Gasteiger partial charge in [-0.1, -0.05) is 49.0 Å². The van der Waals surface area contributed by atoms with E-state index < -0.39 is 0 Å². The first-order valence-corrected chi connectivity index (χ1v) is 12.0. The number of anilines is 1. The highest BCUT2D eigenvalue weighted by molar-refractivity contribution is 7.99. The van der Waals surface area contributed by atoms with E-state index in [-0.39, 0.29) is 11.7 Å². The van der Waals surface area contributed by atoms with Gasteiger partial charge in [-0.2, -0.15) is 0 Å². The van der Waals surface area contributed by atoms with Crippen LogP contribution in [-0.4, -0.2) is 31.4 Å². The van der Waals surface area contributed by atoms with Crippen molar-refractivity contribution in [1.29, 1.82) is 0 Å². The lowest BCUT2D eigenvalue weighted by molar-refractivity contribution is -0.113. The van der Waals surface area contributed by atoms with Gasteiger partial charge in [0, 0.05) is 17.5 Å². The number of hydrogen-bond acceptors (Lipinski definition) is 7. The number of aromatic nitrogens is 4. The summed E-state index contributed by atoms with van der Waals surface area (Å²) >= 11 is 2.73. The number of aryl methyl sites for hydroxylation is 2. The van der Waals surface area contributed by atoms with Crippen molar-refractivity contribution in [3.8, 4) is 22.6 Å². The molecule has 1 amide bonds. The Hall–Kier alpha value is -3.17. The Kier molecular flexibility index (Phi) is 6.87. The summed E-state index contributed by atoms with van der Waals surface area (Å²) in [6.45, 7) is 8.35. The molecule has 0 aliphatic heterocycles. The highest BCUT2D eigenvalue weighted by atomic mass is 32.2. The first kappa shape index (κ1) is 22.0. The molecule has 0 fully saturated rings. The molecule has 0 bridgehead atoms. The first-order valence-electron chi connectivity index (χ1n) is 10.1. The molecule has 9 heteroatoms. The van der Waals surface area contributed by atoms with Crippen molar-refractivity contribution < 1.29 is 9.21 Å². The summed E-state index contributed by atoms with van der Waals surface area (Å²) in [5.41, 5.74) is 4.04. The van der Waals surface area contributed by atoms with Crippen LogP contribution in [0.1, 0.15) is 18.2 Å². The zero-order chi connectivity index (χ0) is 22.5. The van der Waals surface area contributed by atoms with Gasteiger partial charge in [0.05, 0.1) is 23.3 Å². The normalized spacial score (nSPS) is 10.9. The van der Waals surface area contributed by atoms with Gasteiger partial charge in [-0.3, -0.25) is 9.36 Å². The molecule has 1 aromatic carbocycles. The summed E-state index contributed by atoms with van der Waals surface area (Å²) in [5, 5.41) is 14.6. The summed E-state index contributed by atoms with van der Waals surface area (Å²) in [7, 11) is 0. The van der Waals surface area contributed by atoms with E-state index in [9.17, 15) is 4.79 Å². The SMILES string of the molecule is C=CCn1c(SCC(=O)Nc2nc(-c3ccc(CC)cc3)cs2)nnc1-c1ccoc1C. The van der Waals surface area contributed by atoms with Crippen molar-refractivity contribution in [3.63, 3.8) is 0 Å². The average Bonchev–Trinajstić information content (AvgIpc) is 3.53. The minimum absolute atomic E-state index is 0.147. The second kappa shape index (κ2) is 9.97. The van der Waals surface area contributed by atoms with Crippen LogP contribution in [0, 0.1) is 6.92 Å². The monoisotopic (exact) mass is 465 g/mol. The molecule has 7 nitrogen and oxygen atoms in total. The van der Waals surface area contributed by atoms with Gasteiger partial charge >= 0.3 is 0 Å². The fourth-order valence-electron chi connectivity index (χ4n) is 3.17. The van der Waals surface area contributed by atoms with E-state index in [0.29, 0.717) is 22.7 Å². The van der Waals surface area contributed by atoms with Gasteiger partial charge in [0.15, 0.2) is 16.1 Å². The lowest BCUT2D eigenvalue weighted by atomic mass is 10.1. The van der Waals surface area contributed by atoms with Crippen LogP contribution >= 0.6 is 23.1 Å². The Morgan fingerprint density at radius 2 is 2.09 bits per heavy atom. The Balaban J connectivity index is 1.40. The first-order chi connectivity index (χ1) is 15.6. The van der Waals surface area contributed by atoms with Crippen LogP contribution in [0.2, 0.25) is 0 Å². The summed E-state index contributed by atoms with van der Waals surface area (Å²) in [6.07, 6.45) is 4.40. The number of benzene rings is 1.